The highest BCUT2D eigenvalue weighted by molar-refractivity contribution is 5.92. The first-order valence-corrected chi connectivity index (χ1v) is 7.13. The van der Waals surface area contributed by atoms with E-state index in [0.717, 1.165) is 25.9 Å². The fraction of sp³-hybridized carbons (Fsp3) is 0.643. The Morgan fingerprint density at radius 2 is 2.05 bits per heavy atom. The molecule has 0 aliphatic heterocycles. The quantitative estimate of drug-likeness (QED) is 0.884. The minimum absolute atomic E-state index is 0.00458. The predicted octanol–water partition coefficient (Wildman–Crippen LogP) is 2.31. The average molecular weight is 262 g/mol. The molecule has 104 valence electrons. The van der Waals surface area contributed by atoms with Crippen LogP contribution in [0.25, 0.3) is 0 Å². The standard InChI is InChI=1S/C14H22N4O/c1-3-15-13-10-16-12(9-17-13)14(19)18(4-2)11-7-5-6-8-11/h9-11H,3-8H2,1-2H3,(H,15,17). The van der Waals surface area contributed by atoms with Gasteiger partial charge in [-0.15, -0.1) is 0 Å². The molecule has 0 saturated heterocycles. The molecular weight excluding hydrogens is 240 g/mol. The van der Waals surface area contributed by atoms with Crippen LogP contribution in [0.4, 0.5) is 5.82 Å². The lowest BCUT2D eigenvalue weighted by Crippen LogP contribution is -2.39. The maximum absolute atomic E-state index is 12.4. The molecule has 1 amide bonds. The summed E-state index contributed by atoms with van der Waals surface area (Å²) in [5.41, 5.74) is 0.440. The third kappa shape index (κ3) is 3.22. The molecule has 1 aliphatic carbocycles. The molecule has 1 saturated carbocycles. The van der Waals surface area contributed by atoms with Crippen molar-refractivity contribution in [2.75, 3.05) is 18.4 Å². The first-order chi connectivity index (χ1) is 9.26. The van der Waals surface area contributed by atoms with Crippen LogP contribution in [0.15, 0.2) is 12.4 Å². The number of nitrogens with zero attached hydrogens (tertiary/aromatic N) is 3. The largest absolute Gasteiger partial charge is 0.369 e. The summed E-state index contributed by atoms with van der Waals surface area (Å²) in [5.74, 6) is 0.716. The first kappa shape index (κ1) is 13.8. The highest BCUT2D eigenvalue weighted by atomic mass is 16.2. The maximum Gasteiger partial charge on any atom is 0.274 e. The zero-order valence-electron chi connectivity index (χ0n) is 11.7. The topological polar surface area (TPSA) is 58.1 Å². The number of aromatic nitrogens is 2. The van der Waals surface area contributed by atoms with E-state index in [4.69, 9.17) is 0 Å². The monoisotopic (exact) mass is 262 g/mol. The van der Waals surface area contributed by atoms with E-state index in [9.17, 15) is 4.79 Å². The van der Waals surface area contributed by atoms with Crippen LogP contribution >= 0.6 is 0 Å². The number of nitrogens with one attached hydrogen (secondary N) is 1. The summed E-state index contributed by atoms with van der Waals surface area (Å²) in [6.45, 7) is 5.56. The lowest BCUT2D eigenvalue weighted by Gasteiger charge is -2.27. The van der Waals surface area contributed by atoms with E-state index in [1.54, 1.807) is 12.4 Å². The number of amides is 1. The number of rotatable bonds is 5. The molecule has 2 rings (SSSR count). The van der Waals surface area contributed by atoms with Gasteiger partial charge in [0.15, 0.2) is 0 Å². The van der Waals surface area contributed by atoms with Crippen molar-refractivity contribution >= 4 is 11.7 Å². The summed E-state index contributed by atoms with van der Waals surface area (Å²) in [6, 6.07) is 0.382. The van der Waals surface area contributed by atoms with E-state index >= 15 is 0 Å². The van der Waals surface area contributed by atoms with E-state index in [0.29, 0.717) is 17.6 Å². The molecule has 1 aromatic heterocycles. The predicted molar refractivity (Wildman–Crippen MR) is 75.2 cm³/mol. The van der Waals surface area contributed by atoms with Crippen LogP contribution in [0, 0.1) is 0 Å². The van der Waals surface area contributed by atoms with Crippen LogP contribution in [-0.2, 0) is 0 Å². The molecule has 0 unspecified atom stereocenters. The molecule has 19 heavy (non-hydrogen) atoms. The number of hydrogen-bond donors (Lipinski definition) is 1. The normalized spacial score (nSPS) is 15.5. The van der Waals surface area contributed by atoms with Crippen molar-refractivity contribution in [1.82, 2.24) is 14.9 Å². The summed E-state index contributed by atoms with van der Waals surface area (Å²) >= 11 is 0. The second-order valence-corrected chi connectivity index (χ2v) is 4.85. The van der Waals surface area contributed by atoms with Crippen LogP contribution in [0.5, 0.6) is 0 Å². The number of anilines is 1. The Balaban J connectivity index is 2.08. The third-order valence-corrected chi connectivity index (χ3v) is 3.60. The van der Waals surface area contributed by atoms with Gasteiger partial charge in [0.2, 0.25) is 0 Å². The summed E-state index contributed by atoms with van der Waals surface area (Å²) in [4.78, 5) is 22.8. The van der Waals surface area contributed by atoms with Gasteiger partial charge >= 0.3 is 0 Å². The minimum atomic E-state index is 0.00458. The molecule has 0 bridgehead atoms. The fourth-order valence-electron chi connectivity index (χ4n) is 2.64. The van der Waals surface area contributed by atoms with Crippen LogP contribution in [0.2, 0.25) is 0 Å². The van der Waals surface area contributed by atoms with Crippen LogP contribution in [-0.4, -0.2) is 39.9 Å². The van der Waals surface area contributed by atoms with Crippen molar-refractivity contribution in [2.45, 2.75) is 45.6 Å². The third-order valence-electron chi connectivity index (χ3n) is 3.60. The van der Waals surface area contributed by atoms with Crippen LogP contribution in [0.1, 0.15) is 50.0 Å². The fourth-order valence-corrected chi connectivity index (χ4v) is 2.64. The molecule has 0 atom stereocenters. The molecule has 0 aromatic carbocycles. The Morgan fingerprint density at radius 1 is 1.32 bits per heavy atom. The van der Waals surface area contributed by atoms with Gasteiger partial charge in [0.05, 0.1) is 12.4 Å². The van der Waals surface area contributed by atoms with Gasteiger partial charge in [-0.25, -0.2) is 9.97 Å². The summed E-state index contributed by atoms with van der Waals surface area (Å²) in [7, 11) is 0. The second kappa shape index (κ2) is 6.50. The van der Waals surface area contributed by atoms with Crippen molar-refractivity contribution in [1.29, 1.82) is 0 Å². The maximum atomic E-state index is 12.4. The van der Waals surface area contributed by atoms with Gasteiger partial charge in [0.25, 0.3) is 5.91 Å². The van der Waals surface area contributed by atoms with Crippen molar-refractivity contribution in [2.24, 2.45) is 0 Å². The highest BCUT2D eigenvalue weighted by Gasteiger charge is 2.26. The Morgan fingerprint density at radius 3 is 2.58 bits per heavy atom. The van der Waals surface area contributed by atoms with Gasteiger partial charge in [-0.05, 0) is 26.7 Å². The van der Waals surface area contributed by atoms with E-state index in [1.807, 2.05) is 18.7 Å². The molecular formula is C14H22N4O. The van der Waals surface area contributed by atoms with E-state index < -0.39 is 0 Å². The SMILES string of the molecule is CCNc1cnc(C(=O)N(CC)C2CCCC2)cn1. The molecule has 1 fully saturated rings. The van der Waals surface area contributed by atoms with Gasteiger partial charge in [0.1, 0.15) is 11.5 Å². The van der Waals surface area contributed by atoms with Crippen molar-refractivity contribution in [3.8, 4) is 0 Å². The van der Waals surface area contributed by atoms with Crippen molar-refractivity contribution in [3.05, 3.63) is 18.1 Å². The summed E-state index contributed by atoms with van der Waals surface area (Å²) < 4.78 is 0. The first-order valence-electron chi connectivity index (χ1n) is 7.13. The van der Waals surface area contributed by atoms with Crippen molar-refractivity contribution < 1.29 is 4.79 Å². The Labute approximate surface area is 114 Å². The van der Waals surface area contributed by atoms with Gasteiger partial charge in [0, 0.05) is 19.1 Å². The minimum Gasteiger partial charge on any atom is -0.369 e. The van der Waals surface area contributed by atoms with Gasteiger partial charge in [-0.1, -0.05) is 12.8 Å². The molecule has 0 spiro atoms. The molecule has 1 aromatic rings. The average Bonchev–Trinajstić information content (AvgIpc) is 2.95. The van der Waals surface area contributed by atoms with Crippen LogP contribution < -0.4 is 5.32 Å². The number of hydrogen-bond acceptors (Lipinski definition) is 4. The van der Waals surface area contributed by atoms with Gasteiger partial charge < -0.3 is 10.2 Å². The van der Waals surface area contributed by atoms with E-state index in [2.05, 4.69) is 15.3 Å². The highest BCUT2D eigenvalue weighted by Crippen LogP contribution is 2.24. The zero-order chi connectivity index (χ0) is 13.7. The molecule has 0 radical (unpaired) electrons. The smallest absolute Gasteiger partial charge is 0.274 e. The molecule has 5 nitrogen and oxygen atoms in total. The van der Waals surface area contributed by atoms with Crippen molar-refractivity contribution in [3.63, 3.8) is 0 Å². The molecule has 1 N–H and O–H groups in total. The molecule has 5 heteroatoms. The van der Waals surface area contributed by atoms with Gasteiger partial charge in [-0.2, -0.15) is 0 Å². The van der Waals surface area contributed by atoms with E-state index in [1.165, 1.54) is 12.8 Å². The zero-order valence-corrected chi connectivity index (χ0v) is 11.7. The lowest BCUT2D eigenvalue weighted by atomic mass is 10.2. The lowest BCUT2D eigenvalue weighted by molar-refractivity contribution is 0.0687. The van der Waals surface area contributed by atoms with Crippen LogP contribution in [0.3, 0.4) is 0 Å². The Hall–Kier alpha value is -1.65. The Kier molecular flexibility index (Phi) is 4.71. The second-order valence-electron chi connectivity index (χ2n) is 4.85. The number of carbonyl (C=O) groups excluding carboxylic acids is 1. The Bertz CT molecular complexity index is 412. The molecule has 1 aliphatic rings. The van der Waals surface area contributed by atoms with E-state index in [-0.39, 0.29) is 5.91 Å². The summed E-state index contributed by atoms with van der Waals surface area (Å²) in [6.07, 6.45) is 7.86. The van der Waals surface area contributed by atoms with Gasteiger partial charge in [-0.3, -0.25) is 4.79 Å². The number of carbonyl (C=O) groups is 1. The summed E-state index contributed by atoms with van der Waals surface area (Å²) in [5, 5.41) is 3.07. The molecule has 1 heterocycles.